The molecule has 1 aromatic carbocycles. The Morgan fingerprint density at radius 1 is 1.19 bits per heavy atom. The number of carbonyl (C=O) groups is 2. The van der Waals surface area contributed by atoms with Crippen molar-refractivity contribution in [2.75, 3.05) is 26.4 Å². The van der Waals surface area contributed by atoms with Crippen LogP contribution in [0.15, 0.2) is 42.9 Å². The predicted molar refractivity (Wildman–Crippen MR) is 104 cm³/mol. The average molecular weight is 363 g/mol. The Balaban J connectivity index is 1.72. The largest absolute Gasteiger partial charge is 0.398 e. The van der Waals surface area contributed by atoms with Gasteiger partial charge in [-0.3, -0.25) is 14.3 Å². The second-order valence-corrected chi connectivity index (χ2v) is 6.94. The Hall–Kier alpha value is -3.35. The summed E-state index contributed by atoms with van der Waals surface area (Å²) in [5.74, 6) is -0.132. The van der Waals surface area contributed by atoms with Crippen molar-refractivity contribution in [3.05, 3.63) is 59.5 Å². The fourth-order valence-corrected chi connectivity index (χ4v) is 3.62. The van der Waals surface area contributed by atoms with E-state index in [4.69, 9.17) is 5.73 Å². The second-order valence-electron chi connectivity index (χ2n) is 6.94. The molecule has 7 heteroatoms. The van der Waals surface area contributed by atoms with Crippen LogP contribution in [0.5, 0.6) is 0 Å². The van der Waals surface area contributed by atoms with Crippen LogP contribution in [0.25, 0.3) is 10.9 Å². The number of amides is 2. The molecule has 27 heavy (non-hydrogen) atoms. The highest BCUT2D eigenvalue weighted by Crippen LogP contribution is 2.26. The third-order valence-electron chi connectivity index (χ3n) is 5.01. The second kappa shape index (κ2) is 6.42. The molecule has 4 rings (SSSR count). The van der Waals surface area contributed by atoms with Crippen LogP contribution in [0, 0.1) is 0 Å². The molecule has 7 nitrogen and oxygen atoms in total. The van der Waals surface area contributed by atoms with Crippen LogP contribution in [0.1, 0.15) is 21.5 Å². The molecule has 0 radical (unpaired) electrons. The van der Waals surface area contributed by atoms with Gasteiger partial charge in [-0.15, -0.1) is 0 Å². The van der Waals surface area contributed by atoms with Gasteiger partial charge in [0.15, 0.2) is 0 Å². The number of nitrogens with zero attached hydrogens (tertiary/aromatic N) is 4. The maximum Gasteiger partial charge on any atom is 0.319 e. The van der Waals surface area contributed by atoms with E-state index in [1.54, 1.807) is 47.1 Å². The molecule has 1 aliphatic heterocycles. The smallest absolute Gasteiger partial charge is 0.319 e. The van der Waals surface area contributed by atoms with Crippen LogP contribution in [0.2, 0.25) is 0 Å². The molecule has 0 saturated carbocycles. The quantitative estimate of drug-likeness (QED) is 0.673. The molecule has 0 spiro atoms. The topological polar surface area (TPSA) is 84.5 Å². The zero-order chi connectivity index (χ0) is 19.1. The summed E-state index contributed by atoms with van der Waals surface area (Å²) >= 11 is 0. The molecule has 3 aromatic rings. The van der Waals surface area contributed by atoms with Crippen molar-refractivity contribution in [2.24, 2.45) is 0 Å². The number of anilines is 1. The molecule has 1 aliphatic rings. The van der Waals surface area contributed by atoms with Gasteiger partial charge in [-0.1, -0.05) is 6.07 Å². The van der Waals surface area contributed by atoms with Crippen LogP contribution in [0.3, 0.4) is 0 Å². The highest BCUT2D eigenvalue weighted by atomic mass is 16.2. The van der Waals surface area contributed by atoms with Crippen LogP contribution >= 0.6 is 0 Å². The molecular weight excluding hydrogens is 342 g/mol. The van der Waals surface area contributed by atoms with Crippen molar-refractivity contribution in [1.82, 2.24) is 19.4 Å². The summed E-state index contributed by atoms with van der Waals surface area (Å²) in [7, 11) is 3.47. The number of carbonyl (C=O) groups excluding carboxylic acids is 2. The lowest BCUT2D eigenvalue weighted by Crippen LogP contribution is -2.42. The Morgan fingerprint density at radius 3 is 2.78 bits per heavy atom. The van der Waals surface area contributed by atoms with Gasteiger partial charge in [0, 0.05) is 56.8 Å². The van der Waals surface area contributed by atoms with Gasteiger partial charge in [0.2, 0.25) is 0 Å². The summed E-state index contributed by atoms with van der Waals surface area (Å²) in [5, 5.41) is 0.853. The number of rotatable bonds is 1. The van der Waals surface area contributed by atoms with Crippen LogP contribution in [0.4, 0.5) is 10.5 Å². The number of aromatic nitrogens is 2. The number of urea groups is 1. The monoisotopic (exact) mass is 363 g/mol. The van der Waals surface area contributed by atoms with E-state index in [1.165, 1.54) is 0 Å². The minimum Gasteiger partial charge on any atom is -0.398 e. The van der Waals surface area contributed by atoms with Crippen LogP contribution in [-0.4, -0.2) is 51.9 Å². The minimum atomic E-state index is -0.132. The summed E-state index contributed by atoms with van der Waals surface area (Å²) in [4.78, 5) is 33.0. The normalized spacial score (nSPS) is 13.5. The predicted octanol–water partition coefficient (Wildman–Crippen LogP) is 2.35. The number of pyridine rings is 1. The first-order chi connectivity index (χ1) is 13.0. The van der Waals surface area contributed by atoms with E-state index in [1.807, 2.05) is 24.3 Å². The highest BCUT2D eigenvalue weighted by Gasteiger charge is 2.26. The lowest BCUT2D eigenvalue weighted by molar-refractivity contribution is 0.0963. The first-order valence-corrected chi connectivity index (χ1v) is 8.79. The zero-order valence-corrected chi connectivity index (χ0v) is 15.3. The van der Waals surface area contributed by atoms with E-state index >= 15 is 0 Å². The maximum absolute atomic E-state index is 13.2. The molecule has 2 N–H and O–H groups in total. The van der Waals surface area contributed by atoms with Gasteiger partial charge in [-0.2, -0.15) is 0 Å². The summed E-state index contributed by atoms with van der Waals surface area (Å²) in [6.07, 6.45) is 5.73. The van der Waals surface area contributed by atoms with Crippen molar-refractivity contribution in [1.29, 1.82) is 0 Å². The van der Waals surface area contributed by atoms with Gasteiger partial charge in [0.1, 0.15) is 0 Å². The zero-order valence-electron chi connectivity index (χ0n) is 15.3. The number of nitrogens with two attached hydrogens (primary N) is 1. The molecule has 0 unspecified atom stereocenters. The van der Waals surface area contributed by atoms with Gasteiger partial charge in [-0.05, 0) is 35.7 Å². The molecule has 138 valence electrons. The lowest BCUT2D eigenvalue weighted by Gasteiger charge is -2.31. The van der Waals surface area contributed by atoms with Crippen LogP contribution in [-0.2, 0) is 13.0 Å². The third-order valence-corrected chi connectivity index (χ3v) is 5.01. The number of hydrogen-bond donors (Lipinski definition) is 1. The summed E-state index contributed by atoms with van der Waals surface area (Å²) in [6.45, 7) is 1.04. The Kier molecular flexibility index (Phi) is 4.07. The minimum absolute atomic E-state index is 0.0377. The van der Waals surface area contributed by atoms with Crippen molar-refractivity contribution in [2.45, 2.75) is 13.0 Å². The Morgan fingerprint density at radius 2 is 2.00 bits per heavy atom. The van der Waals surface area contributed by atoms with Crippen LogP contribution < -0.4 is 5.73 Å². The van der Waals surface area contributed by atoms with E-state index in [9.17, 15) is 9.59 Å². The van der Waals surface area contributed by atoms with Crippen molar-refractivity contribution in [3.8, 4) is 0 Å². The van der Waals surface area contributed by atoms with E-state index in [0.717, 1.165) is 22.0 Å². The molecule has 3 heterocycles. The first kappa shape index (κ1) is 17.1. The van der Waals surface area contributed by atoms with E-state index in [0.29, 0.717) is 30.8 Å². The Labute approximate surface area is 157 Å². The number of fused-ring (bicyclic) bond motifs is 2. The first-order valence-electron chi connectivity index (χ1n) is 8.79. The van der Waals surface area contributed by atoms with E-state index < -0.39 is 0 Å². The summed E-state index contributed by atoms with van der Waals surface area (Å²) < 4.78 is 1.61. The molecule has 0 saturated heterocycles. The number of nitrogen functional groups attached to an aromatic ring is 1. The van der Waals surface area contributed by atoms with E-state index in [2.05, 4.69) is 4.98 Å². The van der Waals surface area contributed by atoms with Gasteiger partial charge in [0.25, 0.3) is 5.91 Å². The van der Waals surface area contributed by atoms with E-state index in [-0.39, 0.29) is 11.9 Å². The maximum atomic E-state index is 13.2. The fraction of sp³-hybridized carbons (Fsp3) is 0.250. The highest BCUT2D eigenvalue weighted by molar-refractivity contribution is 6.05. The lowest BCUT2D eigenvalue weighted by atomic mass is 9.96. The summed E-state index contributed by atoms with van der Waals surface area (Å²) in [6, 6.07) is 7.35. The van der Waals surface area contributed by atoms with Crippen molar-refractivity contribution >= 4 is 28.5 Å². The average Bonchev–Trinajstić information content (AvgIpc) is 3.11. The van der Waals surface area contributed by atoms with Crippen molar-refractivity contribution < 1.29 is 9.59 Å². The van der Waals surface area contributed by atoms with Gasteiger partial charge < -0.3 is 15.5 Å². The summed E-state index contributed by atoms with van der Waals surface area (Å²) in [5.41, 5.74) is 9.88. The third kappa shape index (κ3) is 2.81. The standard InChI is InChI=1S/C20H21N5O2/c1-23(2)20(27)24-8-6-14-13(12-24)10-22-11-16(14)19(26)25-9-7-15-17(21)4-3-5-18(15)25/h3-5,7,9-11H,6,8,12,21H2,1-2H3. The van der Waals surface area contributed by atoms with Crippen molar-refractivity contribution in [3.63, 3.8) is 0 Å². The van der Waals surface area contributed by atoms with Gasteiger partial charge >= 0.3 is 6.03 Å². The molecular formula is C20H21N5O2. The molecule has 2 amide bonds. The van der Waals surface area contributed by atoms with Gasteiger partial charge in [-0.25, -0.2) is 4.79 Å². The molecule has 2 aromatic heterocycles. The molecule has 0 fully saturated rings. The molecule has 0 bridgehead atoms. The SMILES string of the molecule is CN(C)C(=O)N1CCc2c(cncc2C(=O)n2ccc3c(N)cccc32)C1. The number of benzene rings is 1. The molecule has 0 aliphatic carbocycles. The Bertz CT molecular complexity index is 1050. The number of hydrogen-bond acceptors (Lipinski definition) is 4. The fourth-order valence-electron chi connectivity index (χ4n) is 3.62. The molecule has 0 atom stereocenters. The van der Waals surface area contributed by atoms with Gasteiger partial charge in [0.05, 0.1) is 11.1 Å².